The van der Waals surface area contributed by atoms with Crippen LogP contribution in [-0.4, -0.2) is 15.6 Å². The van der Waals surface area contributed by atoms with Gasteiger partial charge in [0.15, 0.2) is 0 Å². The maximum atomic E-state index is 12.4. The third-order valence-electron chi connectivity index (χ3n) is 3.76. The van der Waals surface area contributed by atoms with Crippen LogP contribution in [0.15, 0.2) is 24.5 Å². The predicted molar refractivity (Wildman–Crippen MR) is 93.9 cm³/mol. The van der Waals surface area contributed by atoms with Crippen LogP contribution in [0.25, 0.3) is 0 Å². The summed E-state index contributed by atoms with van der Waals surface area (Å²) >= 11 is 6.24. The van der Waals surface area contributed by atoms with Crippen LogP contribution in [0.3, 0.4) is 0 Å². The Bertz CT molecular complexity index is 685. The second-order valence-electron chi connectivity index (χ2n) is 6.16. The van der Waals surface area contributed by atoms with Gasteiger partial charge >= 0.3 is 6.03 Å². The molecule has 0 saturated carbocycles. The highest BCUT2D eigenvalue weighted by Gasteiger charge is 2.22. The molecule has 23 heavy (non-hydrogen) atoms. The van der Waals surface area contributed by atoms with Crippen LogP contribution in [0.2, 0.25) is 5.02 Å². The topological polar surface area (TPSA) is 59.0 Å². The zero-order valence-corrected chi connectivity index (χ0v) is 14.9. The second-order valence-corrected chi connectivity index (χ2v) is 6.56. The van der Waals surface area contributed by atoms with Gasteiger partial charge in [0.2, 0.25) is 0 Å². The Morgan fingerprint density at radius 1 is 1.30 bits per heavy atom. The van der Waals surface area contributed by atoms with Gasteiger partial charge < -0.3 is 15.2 Å². The monoisotopic (exact) mass is 334 g/mol. The molecule has 0 spiro atoms. The molecule has 6 heteroatoms. The Morgan fingerprint density at radius 3 is 2.52 bits per heavy atom. The molecule has 2 rings (SSSR count). The summed E-state index contributed by atoms with van der Waals surface area (Å²) in [4.78, 5) is 16.7. The molecule has 2 aromatic rings. The molecular formula is C17H23ClN4O. The van der Waals surface area contributed by atoms with Gasteiger partial charge in [-0.05, 0) is 37.0 Å². The molecule has 0 aliphatic rings. The first-order valence-corrected chi connectivity index (χ1v) is 7.99. The maximum absolute atomic E-state index is 12.4. The number of nitrogens with one attached hydrogen (secondary N) is 2. The highest BCUT2D eigenvalue weighted by molar-refractivity contribution is 6.34. The quantitative estimate of drug-likeness (QED) is 0.880. The fraction of sp³-hybridized carbons (Fsp3) is 0.412. The first kappa shape index (κ1) is 17.3. The lowest BCUT2D eigenvalue weighted by Gasteiger charge is -2.23. The van der Waals surface area contributed by atoms with Gasteiger partial charge in [0.1, 0.15) is 5.82 Å². The summed E-state index contributed by atoms with van der Waals surface area (Å²) in [5, 5.41) is 6.38. The SMILES string of the molecule is Cc1cc(C)c(NC(=O)NC(c2nccn2C)C(C)C)c(Cl)c1. The smallest absolute Gasteiger partial charge is 0.319 e. The third kappa shape index (κ3) is 4.05. The number of carbonyl (C=O) groups excluding carboxylic acids is 1. The van der Waals surface area contributed by atoms with E-state index in [1.807, 2.05) is 57.6 Å². The normalized spacial score (nSPS) is 12.3. The number of halogens is 1. The van der Waals surface area contributed by atoms with Gasteiger partial charge in [-0.25, -0.2) is 9.78 Å². The molecule has 1 unspecified atom stereocenters. The first-order chi connectivity index (χ1) is 10.8. The average molecular weight is 335 g/mol. The highest BCUT2D eigenvalue weighted by Crippen LogP contribution is 2.27. The van der Waals surface area contributed by atoms with E-state index in [-0.39, 0.29) is 18.0 Å². The van der Waals surface area contributed by atoms with Crippen LogP contribution >= 0.6 is 11.6 Å². The summed E-state index contributed by atoms with van der Waals surface area (Å²) in [7, 11) is 1.91. The van der Waals surface area contributed by atoms with Crippen molar-refractivity contribution in [2.24, 2.45) is 13.0 Å². The molecule has 124 valence electrons. The molecule has 0 aliphatic carbocycles. The van der Waals surface area contributed by atoms with Crippen molar-refractivity contribution in [2.45, 2.75) is 33.7 Å². The Morgan fingerprint density at radius 2 is 2.00 bits per heavy atom. The van der Waals surface area contributed by atoms with Crippen LogP contribution in [0, 0.1) is 19.8 Å². The number of amides is 2. The van der Waals surface area contributed by atoms with E-state index in [1.165, 1.54) is 0 Å². The van der Waals surface area contributed by atoms with E-state index in [9.17, 15) is 4.79 Å². The van der Waals surface area contributed by atoms with E-state index in [0.717, 1.165) is 17.0 Å². The van der Waals surface area contributed by atoms with E-state index in [0.29, 0.717) is 10.7 Å². The van der Waals surface area contributed by atoms with Gasteiger partial charge in [0, 0.05) is 19.4 Å². The summed E-state index contributed by atoms with van der Waals surface area (Å²) in [6.07, 6.45) is 3.59. The molecule has 0 bridgehead atoms. The largest absolute Gasteiger partial charge is 0.336 e. The lowest BCUT2D eigenvalue weighted by molar-refractivity contribution is 0.243. The number of rotatable bonds is 4. The van der Waals surface area contributed by atoms with Gasteiger partial charge in [0.05, 0.1) is 16.8 Å². The molecule has 5 nitrogen and oxygen atoms in total. The van der Waals surface area contributed by atoms with E-state index in [2.05, 4.69) is 15.6 Å². The van der Waals surface area contributed by atoms with Gasteiger partial charge in [-0.3, -0.25) is 0 Å². The van der Waals surface area contributed by atoms with Crippen molar-refractivity contribution in [1.29, 1.82) is 0 Å². The van der Waals surface area contributed by atoms with Crippen molar-refractivity contribution >= 4 is 23.3 Å². The molecule has 1 aromatic carbocycles. The number of anilines is 1. The summed E-state index contributed by atoms with van der Waals surface area (Å²) in [6, 6.07) is 3.35. The van der Waals surface area contributed by atoms with Crippen LogP contribution in [-0.2, 0) is 7.05 Å². The third-order valence-corrected chi connectivity index (χ3v) is 4.06. The van der Waals surface area contributed by atoms with Gasteiger partial charge in [-0.1, -0.05) is 31.5 Å². The summed E-state index contributed by atoms with van der Waals surface area (Å²) in [5.74, 6) is 1.03. The molecule has 1 aromatic heterocycles. The number of imidazole rings is 1. The van der Waals surface area contributed by atoms with Crippen molar-refractivity contribution in [1.82, 2.24) is 14.9 Å². The summed E-state index contributed by atoms with van der Waals surface area (Å²) < 4.78 is 1.91. The Hall–Kier alpha value is -2.01. The fourth-order valence-electron chi connectivity index (χ4n) is 2.57. The maximum Gasteiger partial charge on any atom is 0.319 e. The minimum atomic E-state index is -0.291. The number of nitrogens with zero attached hydrogens (tertiary/aromatic N) is 2. The molecule has 2 amide bonds. The minimum Gasteiger partial charge on any atom is -0.336 e. The molecule has 0 aliphatic heterocycles. The van der Waals surface area contributed by atoms with Crippen molar-refractivity contribution in [3.8, 4) is 0 Å². The molecule has 0 saturated heterocycles. The van der Waals surface area contributed by atoms with Gasteiger partial charge in [-0.15, -0.1) is 0 Å². The fourth-order valence-corrected chi connectivity index (χ4v) is 2.94. The molecule has 1 atom stereocenters. The van der Waals surface area contributed by atoms with Crippen molar-refractivity contribution in [3.63, 3.8) is 0 Å². The zero-order chi connectivity index (χ0) is 17.1. The Labute approximate surface area is 142 Å². The van der Waals surface area contributed by atoms with Crippen molar-refractivity contribution in [3.05, 3.63) is 46.5 Å². The second kappa shape index (κ2) is 7.04. The van der Waals surface area contributed by atoms with Crippen molar-refractivity contribution in [2.75, 3.05) is 5.32 Å². The van der Waals surface area contributed by atoms with E-state index >= 15 is 0 Å². The minimum absolute atomic E-state index is 0.181. The number of aromatic nitrogens is 2. The Balaban J connectivity index is 2.16. The molecule has 1 heterocycles. The summed E-state index contributed by atoms with van der Waals surface area (Å²) in [6.45, 7) is 7.99. The van der Waals surface area contributed by atoms with Crippen LogP contribution in [0.5, 0.6) is 0 Å². The number of benzene rings is 1. The van der Waals surface area contributed by atoms with Crippen LogP contribution in [0.4, 0.5) is 10.5 Å². The van der Waals surface area contributed by atoms with E-state index in [4.69, 9.17) is 11.6 Å². The highest BCUT2D eigenvalue weighted by atomic mass is 35.5. The molecular weight excluding hydrogens is 312 g/mol. The molecule has 0 fully saturated rings. The van der Waals surface area contributed by atoms with Crippen LogP contribution < -0.4 is 10.6 Å². The first-order valence-electron chi connectivity index (χ1n) is 7.61. The number of hydrogen-bond donors (Lipinski definition) is 2. The van der Waals surface area contributed by atoms with E-state index in [1.54, 1.807) is 6.20 Å². The lowest BCUT2D eigenvalue weighted by Crippen LogP contribution is -2.36. The number of aryl methyl sites for hydroxylation is 3. The standard InChI is InChI=1S/C17H23ClN4O/c1-10(2)14(16-19-6-7-22(16)5)20-17(23)21-15-12(4)8-11(3)9-13(15)18/h6-10,14H,1-5H3,(H2,20,21,23). The van der Waals surface area contributed by atoms with Crippen LogP contribution in [0.1, 0.15) is 36.8 Å². The van der Waals surface area contributed by atoms with E-state index < -0.39 is 0 Å². The Kier molecular flexibility index (Phi) is 5.31. The number of carbonyl (C=O) groups is 1. The zero-order valence-electron chi connectivity index (χ0n) is 14.1. The molecule has 0 radical (unpaired) electrons. The number of urea groups is 1. The van der Waals surface area contributed by atoms with Gasteiger partial charge in [-0.2, -0.15) is 0 Å². The predicted octanol–water partition coefficient (Wildman–Crippen LogP) is 4.21. The van der Waals surface area contributed by atoms with Crippen molar-refractivity contribution < 1.29 is 4.79 Å². The average Bonchev–Trinajstić information content (AvgIpc) is 2.86. The molecule has 2 N–H and O–H groups in total. The summed E-state index contributed by atoms with van der Waals surface area (Å²) in [5.41, 5.74) is 2.63. The lowest BCUT2D eigenvalue weighted by atomic mass is 10.0. The van der Waals surface area contributed by atoms with Gasteiger partial charge in [0.25, 0.3) is 0 Å². The number of hydrogen-bond acceptors (Lipinski definition) is 2.